The molecule has 1 aromatic rings. The van der Waals surface area contributed by atoms with E-state index in [0.29, 0.717) is 19.7 Å². The van der Waals surface area contributed by atoms with Gasteiger partial charge in [0.25, 0.3) is 0 Å². The zero-order valence-electron chi connectivity index (χ0n) is 16.5. The Balaban J connectivity index is 0.00000420. The number of piperidine rings is 1. The van der Waals surface area contributed by atoms with E-state index in [9.17, 15) is 13.2 Å². The standard InChI is InChI=1S/C18H29N5O4S.HI/c1-2-27-18(24)23-11-8-16(9-12-23)22-17(19)20-10-13-28(25,26)21-14-15-6-4-3-5-7-15;/h3-7,16,21H,2,8-14H2,1H3,(H3,19,20,22);1H. The minimum atomic E-state index is -3.43. The second-order valence-electron chi connectivity index (χ2n) is 6.50. The number of likely N-dealkylation sites (tertiary alicyclic amines) is 1. The van der Waals surface area contributed by atoms with Crippen LogP contribution < -0.4 is 15.8 Å². The Kier molecular flexibility index (Phi) is 11.3. The lowest BCUT2D eigenvalue weighted by Crippen LogP contribution is -2.48. The number of hydrogen-bond acceptors (Lipinski definition) is 5. The van der Waals surface area contributed by atoms with Crippen molar-refractivity contribution < 1.29 is 17.9 Å². The lowest BCUT2D eigenvalue weighted by atomic mass is 10.1. The fourth-order valence-electron chi connectivity index (χ4n) is 2.82. The number of amides is 1. The van der Waals surface area contributed by atoms with Crippen molar-refractivity contribution in [1.29, 1.82) is 0 Å². The Morgan fingerprint density at radius 2 is 1.93 bits per heavy atom. The Hall–Kier alpha value is -1.60. The molecule has 1 saturated heterocycles. The van der Waals surface area contributed by atoms with Gasteiger partial charge < -0.3 is 20.7 Å². The molecule has 2 rings (SSSR count). The highest BCUT2D eigenvalue weighted by Gasteiger charge is 2.23. The summed E-state index contributed by atoms with van der Waals surface area (Å²) in [6.45, 7) is 3.63. The second kappa shape index (κ2) is 12.9. The maximum Gasteiger partial charge on any atom is 0.409 e. The number of carbonyl (C=O) groups is 1. The van der Waals surface area contributed by atoms with Gasteiger partial charge in [0.15, 0.2) is 5.96 Å². The van der Waals surface area contributed by atoms with E-state index in [1.807, 2.05) is 30.3 Å². The van der Waals surface area contributed by atoms with Crippen LogP contribution in [0.25, 0.3) is 0 Å². The van der Waals surface area contributed by atoms with Crippen molar-refractivity contribution in [3.8, 4) is 0 Å². The molecule has 1 aliphatic rings. The number of rotatable bonds is 8. The normalized spacial score (nSPS) is 15.5. The zero-order valence-corrected chi connectivity index (χ0v) is 19.7. The number of nitrogens with one attached hydrogen (secondary N) is 2. The second-order valence-corrected chi connectivity index (χ2v) is 8.42. The molecule has 164 valence electrons. The Bertz CT molecular complexity index is 753. The molecule has 1 heterocycles. The molecule has 0 saturated carbocycles. The smallest absolute Gasteiger partial charge is 0.409 e. The molecule has 1 aromatic carbocycles. The number of halogens is 1. The maximum atomic E-state index is 12.0. The van der Waals surface area contributed by atoms with Crippen LogP contribution in [0.4, 0.5) is 4.79 Å². The third kappa shape index (κ3) is 9.63. The summed E-state index contributed by atoms with van der Waals surface area (Å²) in [5, 5.41) is 3.09. The fraction of sp³-hybridized carbons (Fsp3) is 0.556. The summed E-state index contributed by atoms with van der Waals surface area (Å²) in [5.74, 6) is 0.0802. The monoisotopic (exact) mass is 539 g/mol. The molecule has 0 radical (unpaired) electrons. The first-order chi connectivity index (χ1) is 13.4. The number of carbonyl (C=O) groups excluding carboxylic acids is 1. The average molecular weight is 539 g/mol. The zero-order chi connectivity index (χ0) is 20.4. The molecule has 0 unspecified atom stereocenters. The number of nitrogens with zero attached hydrogens (tertiary/aromatic N) is 2. The average Bonchev–Trinajstić information content (AvgIpc) is 2.68. The summed E-state index contributed by atoms with van der Waals surface area (Å²) in [7, 11) is -3.43. The molecule has 4 N–H and O–H groups in total. The topological polar surface area (TPSA) is 126 Å². The van der Waals surface area contributed by atoms with Crippen molar-refractivity contribution in [3.63, 3.8) is 0 Å². The first-order valence-corrected chi connectivity index (χ1v) is 11.0. The van der Waals surface area contributed by atoms with Crippen molar-refractivity contribution in [2.24, 2.45) is 10.7 Å². The molecule has 11 heteroatoms. The fourth-order valence-corrected chi connectivity index (χ4v) is 3.69. The summed E-state index contributed by atoms with van der Waals surface area (Å²) in [4.78, 5) is 17.4. The summed E-state index contributed by atoms with van der Waals surface area (Å²) >= 11 is 0. The largest absolute Gasteiger partial charge is 0.450 e. The molecule has 9 nitrogen and oxygen atoms in total. The number of guanidine groups is 1. The van der Waals surface area contributed by atoms with E-state index in [1.54, 1.807) is 11.8 Å². The Labute approximate surface area is 189 Å². The maximum absolute atomic E-state index is 12.0. The van der Waals surface area contributed by atoms with Gasteiger partial charge in [-0.05, 0) is 25.3 Å². The molecule has 1 fully saturated rings. The molecule has 29 heavy (non-hydrogen) atoms. The van der Waals surface area contributed by atoms with Crippen LogP contribution in [0.1, 0.15) is 25.3 Å². The van der Waals surface area contributed by atoms with Crippen LogP contribution in [0.5, 0.6) is 0 Å². The number of ether oxygens (including phenoxy) is 1. The van der Waals surface area contributed by atoms with Gasteiger partial charge in [0, 0.05) is 25.7 Å². The number of hydrogen-bond donors (Lipinski definition) is 3. The van der Waals surface area contributed by atoms with Gasteiger partial charge in [-0.3, -0.25) is 4.99 Å². The third-order valence-electron chi connectivity index (χ3n) is 4.35. The van der Waals surface area contributed by atoms with E-state index >= 15 is 0 Å². The molecular formula is C18H30IN5O4S. The van der Waals surface area contributed by atoms with Crippen LogP contribution in [-0.4, -0.2) is 63.4 Å². The van der Waals surface area contributed by atoms with Crippen molar-refractivity contribution in [2.75, 3.05) is 32.0 Å². The van der Waals surface area contributed by atoms with Gasteiger partial charge in [0.1, 0.15) is 0 Å². The van der Waals surface area contributed by atoms with Gasteiger partial charge in [-0.25, -0.2) is 17.9 Å². The van der Waals surface area contributed by atoms with Gasteiger partial charge in [-0.1, -0.05) is 30.3 Å². The quantitative estimate of drug-likeness (QED) is 0.260. The van der Waals surface area contributed by atoms with Gasteiger partial charge >= 0.3 is 6.09 Å². The highest BCUT2D eigenvalue weighted by molar-refractivity contribution is 14.0. The third-order valence-corrected chi connectivity index (χ3v) is 5.66. The molecule has 0 aliphatic carbocycles. The predicted octanol–water partition coefficient (Wildman–Crippen LogP) is 1.25. The molecule has 1 amide bonds. The first kappa shape index (κ1) is 25.4. The van der Waals surface area contributed by atoms with Crippen LogP contribution in [0.15, 0.2) is 35.3 Å². The van der Waals surface area contributed by atoms with E-state index < -0.39 is 10.0 Å². The number of benzene rings is 1. The highest BCUT2D eigenvalue weighted by atomic mass is 127. The van der Waals surface area contributed by atoms with E-state index in [2.05, 4.69) is 15.0 Å². The molecule has 0 spiro atoms. The Morgan fingerprint density at radius 3 is 2.55 bits per heavy atom. The van der Waals surface area contributed by atoms with Crippen LogP contribution in [0.2, 0.25) is 0 Å². The molecular weight excluding hydrogens is 509 g/mol. The van der Waals surface area contributed by atoms with E-state index in [1.165, 1.54) is 0 Å². The van der Waals surface area contributed by atoms with Crippen LogP contribution >= 0.6 is 24.0 Å². The number of aliphatic imine (C=N–C) groups is 1. The molecule has 0 aromatic heterocycles. The number of sulfonamides is 1. The summed E-state index contributed by atoms with van der Waals surface area (Å²) in [6.07, 6.45) is 1.16. The summed E-state index contributed by atoms with van der Waals surface area (Å²) in [6, 6.07) is 9.41. The van der Waals surface area contributed by atoms with Crippen LogP contribution in [0.3, 0.4) is 0 Å². The van der Waals surface area contributed by atoms with Crippen molar-refractivity contribution in [2.45, 2.75) is 32.4 Å². The lowest BCUT2D eigenvalue weighted by molar-refractivity contribution is 0.0963. The van der Waals surface area contributed by atoms with Gasteiger partial charge in [-0.2, -0.15) is 0 Å². The number of nitrogens with two attached hydrogens (primary N) is 1. The van der Waals surface area contributed by atoms with E-state index in [-0.39, 0.29) is 60.9 Å². The molecule has 1 aliphatic heterocycles. The minimum Gasteiger partial charge on any atom is -0.450 e. The van der Waals surface area contributed by atoms with E-state index in [4.69, 9.17) is 10.5 Å². The van der Waals surface area contributed by atoms with Gasteiger partial charge in [-0.15, -0.1) is 24.0 Å². The van der Waals surface area contributed by atoms with Crippen molar-refractivity contribution in [1.82, 2.24) is 14.9 Å². The SMILES string of the molecule is CCOC(=O)N1CCC(NC(N)=NCCS(=O)(=O)NCc2ccccc2)CC1.I. The Morgan fingerprint density at radius 1 is 1.28 bits per heavy atom. The van der Waals surface area contributed by atoms with Gasteiger partial charge in [0.05, 0.1) is 18.9 Å². The first-order valence-electron chi connectivity index (χ1n) is 9.39. The van der Waals surface area contributed by atoms with Crippen molar-refractivity contribution in [3.05, 3.63) is 35.9 Å². The van der Waals surface area contributed by atoms with E-state index in [0.717, 1.165) is 18.4 Å². The van der Waals surface area contributed by atoms with Crippen LogP contribution in [-0.2, 0) is 21.3 Å². The van der Waals surface area contributed by atoms with Gasteiger partial charge in [0.2, 0.25) is 10.0 Å². The molecule has 0 atom stereocenters. The summed E-state index contributed by atoms with van der Waals surface area (Å²) < 4.78 is 31.6. The summed E-state index contributed by atoms with van der Waals surface area (Å²) in [5.41, 5.74) is 6.75. The van der Waals surface area contributed by atoms with Crippen molar-refractivity contribution >= 4 is 46.1 Å². The van der Waals surface area contributed by atoms with Crippen LogP contribution in [0, 0.1) is 0 Å². The highest BCUT2D eigenvalue weighted by Crippen LogP contribution is 2.11. The lowest BCUT2D eigenvalue weighted by Gasteiger charge is -2.31. The molecule has 0 bridgehead atoms. The minimum absolute atomic E-state index is 0. The predicted molar refractivity (Wildman–Crippen MR) is 124 cm³/mol.